The summed E-state index contributed by atoms with van der Waals surface area (Å²) in [6.07, 6.45) is 9.35. The number of para-hydroxylation sites is 2. The maximum absolute atomic E-state index is 6.00. The number of hydrogen-bond donors (Lipinski definition) is 2. The van der Waals surface area contributed by atoms with Gasteiger partial charge in [-0.25, -0.2) is 4.98 Å². The molecule has 3 rings (SSSR count). The fraction of sp³-hybridized carbons (Fsp3) is 0.353. The van der Waals surface area contributed by atoms with Crippen LogP contribution in [0, 0.1) is 0 Å². The first-order valence-corrected chi connectivity index (χ1v) is 7.69. The van der Waals surface area contributed by atoms with Gasteiger partial charge in [-0.15, -0.1) is 0 Å². The van der Waals surface area contributed by atoms with Crippen molar-refractivity contribution >= 4 is 22.8 Å². The molecule has 1 aromatic heterocycles. The van der Waals surface area contributed by atoms with E-state index < -0.39 is 0 Å². The van der Waals surface area contributed by atoms with Crippen LogP contribution in [0.2, 0.25) is 0 Å². The molecular formula is C17H21N5. The van der Waals surface area contributed by atoms with Crippen LogP contribution in [-0.2, 0) is 0 Å². The second kappa shape index (κ2) is 6.66. The highest BCUT2D eigenvalue weighted by molar-refractivity contribution is 6.09. The number of aliphatic imine (C=N–C) groups is 1. The molecule has 2 atom stereocenters. The van der Waals surface area contributed by atoms with Gasteiger partial charge in [-0.3, -0.25) is 9.98 Å². The molecule has 0 amide bonds. The van der Waals surface area contributed by atoms with Crippen molar-refractivity contribution in [2.75, 3.05) is 0 Å². The summed E-state index contributed by atoms with van der Waals surface area (Å²) in [6, 6.07) is 8.33. The van der Waals surface area contributed by atoms with Crippen LogP contribution in [0.1, 0.15) is 31.4 Å². The molecule has 1 aromatic carbocycles. The summed E-state index contributed by atoms with van der Waals surface area (Å²) in [6.45, 7) is 0. The van der Waals surface area contributed by atoms with Crippen molar-refractivity contribution in [2.24, 2.45) is 16.5 Å². The smallest absolute Gasteiger partial charge is 0.0922 e. The van der Waals surface area contributed by atoms with Crippen LogP contribution in [0.15, 0.2) is 41.7 Å². The highest BCUT2D eigenvalue weighted by Crippen LogP contribution is 2.20. The predicted octanol–water partition coefficient (Wildman–Crippen LogP) is 2.27. The van der Waals surface area contributed by atoms with Gasteiger partial charge in [0.2, 0.25) is 0 Å². The molecule has 1 aliphatic carbocycles. The standard InChI is InChI=1S/C17H21N5/c18-9-12(10-20-14-5-3-4-13(19)8-14)17-11-21-15-6-1-2-7-16(15)22-17/h1-2,6-7,9-11,13-14H,3-5,8,18-19H2. The van der Waals surface area contributed by atoms with E-state index in [-0.39, 0.29) is 12.1 Å². The van der Waals surface area contributed by atoms with Gasteiger partial charge in [-0.1, -0.05) is 12.1 Å². The number of allylic oxidation sites excluding steroid dienone is 1. The Morgan fingerprint density at radius 3 is 2.82 bits per heavy atom. The van der Waals surface area contributed by atoms with Gasteiger partial charge in [0.1, 0.15) is 0 Å². The van der Waals surface area contributed by atoms with E-state index in [1.807, 2.05) is 30.5 Å². The summed E-state index contributed by atoms with van der Waals surface area (Å²) in [5, 5.41) is 0. The third-order valence-corrected chi connectivity index (χ3v) is 4.04. The minimum absolute atomic E-state index is 0.265. The maximum atomic E-state index is 6.00. The van der Waals surface area contributed by atoms with Crippen molar-refractivity contribution in [3.05, 3.63) is 42.4 Å². The van der Waals surface area contributed by atoms with Crippen molar-refractivity contribution in [1.29, 1.82) is 0 Å². The second-order valence-electron chi connectivity index (χ2n) is 5.72. The highest BCUT2D eigenvalue weighted by atomic mass is 14.8. The predicted molar refractivity (Wildman–Crippen MR) is 90.4 cm³/mol. The fourth-order valence-electron chi connectivity index (χ4n) is 2.81. The molecule has 0 saturated heterocycles. The molecule has 4 N–H and O–H groups in total. The minimum Gasteiger partial charge on any atom is -0.404 e. The zero-order valence-electron chi connectivity index (χ0n) is 12.5. The Hall–Kier alpha value is -2.27. The third-order valence-electron chi connectivity index (χ3n) is 4.04. The van der Waals surface area contributed by atoms with Gasteiger partial charge in [-0.2, -0.15) is 0 Å². The molecule has 1 saturated carbocycles. The Labute approximate surface area is 130 Å². The quantitative estimate of drug-likeness (QED) is 0.850. The van der Waals surface area contributed by atoms with Crippen molar-refractivity contribution in [3.63, 3.8) is 0 Å². The van der Waals surface area contributed by atoms with Crippen molar-refractivity contribution < 1.29 is 0 Å². The molecule has 22 heavy (non-hydrogen) atoms. The van der Waals surface area contributed by atoms with Crippen LogP contribution in [0.25, 0.3) is 16.6 Å². The lowest BCUT2D eigenvalue weighted by molar-refractivity contribution is 0.395. The van der Waals surface area contributed by atoms with Crippen molar-refractivity contribution in [3.8, 4) is 0 Å². The Balaban J connectivity index is 1.80. The van der Waals surface area contributed by atoms with Gasteiger partial charge in [0, 0.05) is 24.0 Å². The summed E-state index contributed by atoms with van der Waals surface area (Å²) in [5.74, 6) is 0. The number of benzene rings is 1. The van der Waals surface area contributed by atoms with E-state index in [4.69, 9.17) is 11.5 Å². The van der Waals surface area contributed by atoms with E-state index in [2.05, 4.69) is 15.0 Å². The number of aromatic nitrogens is 2. The lowest BCUT2D eigenvalue weighted by atomic mass is 9.92. The van der Waals surface area contributed by atoms with E-state index in [1.54, 1.807) is 6.20 Å². The Kier molecular flexibility index (Phi) is 4.44. The number of fused-ring (bicyclic) bond motifs is 1. The van der Waals surface area contributed by atoms with Gasteiger partial charge in [0.15, 0.2) is 0 Å². The van der Waals surface area contributed by atoms with Crippen LogP contribution in [0.5, 0.6) is 0 Å². The van der Waals surface area contributed by atoms with Gasteiger partial charge in [0.25, 0.3) is 0 Å². The van der Waals surface area contributed by atoms with Crippen LogP contribution >= 0.6 is 0 Å². The fourth-order valence-corrected chi connectivity index (χ4v) is 2.81. The monoisotopic (exact) mass is 295 g/mol. The molecule has 0 spiro atoms. The minimum atomic E-state index is 0.265. The average molecular weight is 295 g/mol. The maximum Gasteiger partial charge on any atom is 0.0922 e. The van der Waals surface area contributed by atoms with Crippen molar-refractivity contribution in [1.82, 2.24) is 9.97 Å². The van der Waals surface area contributed by atoms with Crippen LogP contribution in [-0.4, -0.2) is 28.3 Å². The average Bonchev–Trinajstić information content (AvgIpc) is 2.55. The van der Waals surface area contributed by atoms with E-state index in [1.165, 1.54) is 6.20 Å². The first-order chi connectivity index (χ1) is 10.8. The summed E-state index contributed by atoms with van der Waals surface area (Å²) >= 11 is 0. The number of nitrogens with two attached hydrogens (primary N) is 2. The summed E-state index contributed by atoms with van der Waals surface area (Å²) in [4.78, 5) is 13.7. The first-order valence-electron chi connectivity index (χ1n) is 7.69. The molecule has 5 heteroatoms. The van der Waals surface area contributed by atoms with Gasteiger partial charge < -0.3 is 11.5 Å². The summed E-state index contributed by atoms with van der Waals surface area (Å²) in [5.41, 5.74) is 15.0. The molecule has 0 bridgehead atoms. The lowest BCUT2D eigenvalue weighted by Gasteiger charge is -2.23. The first kappa shape index (κ1) is 14.7. The lowest BCUT2D eigenvalue weighted by Crippen LogP contribution is -2.29. The van der Waals surface area contributed by atoms with E-state index in [9.17, 15) is 0 Å². The number of hydrogen-bond acceptors (Lipinski definition) is 5. The summed E-state index contributed by atoms with van der Waals surface area (Å²) in [7, 11) is 0. The van der Waals surface area contributed by atoms with E-state index >= 15 is 0 Å². The van der Waals surface area contributed by atoms with Gasteiger partial charge >= 0.3 is 0 Å². The molecule has 114 valence electrons. The Morgan fingerprint density at radius 1 is 1.23 bits per heavy atom. The molecular weight excluding hydrogens is 274 g/mol. The molecule has 1 aliphatic rings. The molecule has 2 unspecified atom stereocenters. The normalized spacial score (nSPS) is 23.2. The Morgan fingerprint density at radius 2 is 2.05 bits per heavy atom. The van der Waals surface area contributed by atoms with Crippen LogP contribution < -0.4 is 11.5 Å². The molecule has 0 aliphatic heterocycles. The van der Waals surface area contributed by atoms with E-state index in [0.717, 1.165) is 48.0 Å². The van der Waals surface area contributed by atoms with Crippen molar-refractivity contribution in [2.45, 2.75) is 37.8 Å². The largest absolute Gasteiger partial charge is 0.404 e. The van der Waals surface area contributed by atoms with E-state index in [0.29, 0.717) is 0 Å². The number of rotatable bonds is 3. The molecule has 5 nitrogen and oxygen atoms in total. The van der Waals surface area contributed by atoms with Crippen LogP contribution in [0.4, 0.5) is 0 Å². The van der Waals surface area contributed by atoms with Crippen LogP contribution in [0.3, 0.4) is 0 Å². The topological polar surface area (TPSA) is 90.2 Å². The zero-order valence-corrected chi connectivity index (χ0v) is 12.5. The second-order valence-corrected chi connectivity index (χ2v) is 5.72. The third kappa shape index (κ3) is 3.31. The number of nitrogens with zero attached hydrogens (tertiary/aromatic N) is 3. The molecule has 1 heterocycles. The molecule has 2 aromatic rings. The Bertz CT molecular complexity index is 707. The highest BCUT2D eigenvalue weighted by Gasteiger charge is 2.17. The zero-order chi connectivity index (χ0) is 15.4. The van der Waals surface area contributed by atoms with Gasteiger partial charge in [0.05, 0.1) is 29.0 Å². The van der Waals surface area contributed by atoms with Gasteiger partial charge in [-0.05, 0) is 37.8 Å². The molecule has 1 fully saturated rings. The summed E-state index contributed by atoms with van der Waals surface area (Å²) < 4.78 is 0. The molecule has 0 radical (unpaired) electrons. The SMILES string of the molecule is NC=C(C=NC1CCCC(N)C1)c1cnc2ccccc2n1.